The van der Waals surface area contributed by atoms with Crippen molar-refractivity contribution in [2.45, 2.75) is 18.6 Å². The summed E-state index contributed by atoms with van der Waals surface area (Å²) in [5.74, 6) is 0.602. The number of nitrogens with zero attached hydrogens (tertiary/aromatic N) is 3. The molecule has 0 spiro atoms. The molecule has 2 rings (SSSR count). The van der Waals surface area contributed by atoms with Gasteiger partial charge in [-0.05, 0) is 19.7 Å². The van der Waals surface area contributed by atoms with Crippen LogP contribution in [0.3, 0.4) is 0 Å². The van der Waals surface area contributed by atoms with Gasteiger partial charge in [0.05, 0.1) is 11.0 Å². The van der Waals surface area contributed by atoms with Gasteiger partial charge >= 0.3 is 6.18 Å². The molecule has 0 amide bonds. The van der Waals surface area contributed by atoms with Crippen molar-refractivity contribution in [3.63, 3.8) is 0 Å². The summed E-state index contributed by atoms with van der Waals surface area (Å²) in [7, 11) is 5.68. The van der Waals surface area contributed by atoms with Crippen LogP contribution in [-0.2, 0) is 12.6 Å². The second kappa shape index (κ2) is 11.6. The molecule has 0 aliphatic carbocycles. The van der Waals surface area contributed by atoms with Gasteiger partial charge in [0.1, 0.15) is 0 Å². The summed E-state index contributed by atoms with van der Waals surface area (Å²) in [6, 6.07) is 10.3. The van der Waals surface area contributed by atoms with Gasteiger partial charge in [0.15, 0.2) is 11.7 Å². The Morgan fingerprint density at radius 2 is 1.89 bits per heavy atom. The molecule has 0 radical (unpaired) electrons. The Morgan fingerprint density at radius 3 is 2.43 bits per heavy atom. The first-order valence-electron chi connectivity index (χ1n) is 8.48. The van der Waals surface area contributed by atoms with Gasteiger partial charge in [0, 0.05) is 31.9 Å². The predicted octanol–water partition coefficient (Wildman–Crippen LogP) is 3.79. The monoisotopic (exact) mass is 527 g/mol. The fraction of sp³-hybridized carbons (Fsp3) is 0.444. The number of hydrogen-bond donors (Lipinski definition) is 2. The Labute approximate surface area is 184 Å². The second-order valence-electron chi connectivity index (χ2n) is 6.14. The van der Waals surface area contributed by atoms with Crippen LogP contribution in [0.25, 0.3) is 0 Å². The van der Waals surface area contributed by atoms with Crippen LogP contribution >= 0.6 is 35.3 Å². The van der Waals surface area contributed by atoms with Gasteiger partial charge in [0.2, 0.25) is 0 Å². The molecule has 0 fully saturated rings. The molecule has 0 bridgehead atoms. The highest BCUT2D eigenvalue weighted by Crippen LogP contribution is 2.30. The summed E-state index contributed by atoms with van der Waals surface area (Å²) >= 11 is 1.02. The van der Waals surface area contributed by atoms with Gasteiger partial charge < -0.3 is 15.5 Å². The highest BCUT2D eigenvalue weighted by atomic mass is 127. The topological polar surface area (TPSA) is 52.6 Å². The van der Waals surface area contributed by atoms with Crippen LogP contribution < -0.4 is 10.6 Å². The Bertz CT molecular complexity index is 734. The summed E-state index contributed by atoms with van der Waals surface area (Å²) in [6.45, 7) is 1.09. The Balaban J connectivity index is 0.00000392. The SMILES string of the molecule is CN=C(NCCc1nc(C(F)(F)F)cs1)NCC(c1ccccc1)N(C)C.I. The molecule has 0 aliphatic rings. The third-order valence-electron chi connectivity index (χ3n) is 3.97. The quantitative estimate of drug-likeness (QED) is 0.327. The average Bonchev–Trinajstić information content (AvgIpc) is 3.10. The van der Waals surface area contributed by atoms with Crippen molar-refractivity contribution in [3.05, 3.63) is 52.0 Å². The maximum Gasteiger partial charge on any atom is 0.434 e. The fourth-order valence-electron chi connectivity index (χ4n) is 2.53. The molecule has 1 aromatic carbocycles. The molecule has 1 atom stereocenters. The van der Waals surface area contributed by atoms with Crippen molar-refractivity contribution in [2.24, 2.45) is 4.99 Å². The van der Waals surface area contributed by atoms with Gasteiger partial charge in [-0.25, -0.2) is 4.98 Å². The van der Waals surface area contributed by atoms with Crippen molar-refractivity contribution >= 4 is 41.3 Å². The first-order valence-corrected chi connectivity index (χ1v) is 9.36. The number of aromatic nitrogens is 1. The van der Waals surface area contributed by atoms with Crippen LogP contribution in [0.15, 0.2) is 40.7 Å². The van der Waals surface area contributed by atoms with Crippen LogP contribution in [0.5, 0.6) is 0 Å². The molecular formula is C18H25F3IN5S. The zero-order valence-corrected chi connectivity index (χ0v) is 19.1. The van der Waals surface area contributed by atoms with E-state index in [0.717, 1.165) is 16.7 Å². The van der Waals surface area contributed by atoms with E-state index in [2.05, 4.69) is 37.6 Å². The number of thiazole rings is 1. The number of benzene rings is 1. The number of alkyl halides is 3. The lowest BCUT2D eigenvalue weighted by atomic mass is 10.1. The van der Waals surface area contributed by atoms with E-state index in [0.29, 0.717) is 30.5 Å². The van der Waals surface area contributed by atoms with Crippen molar-refractivity contribution in [1.29, 1.82) is 0 Å². The largest absolute Gasteiger partial charge is 0.434 e. The smallest absolute Gasteiger partial charge is 0.356 e. The summed E-state index contributed by atoms with van der Waals surface area (Å²) in [5.41, 5.74) is 0.356. The van der Waals surface area contributed by atoms with Crippen LogP contribution in [0, 0.1) is 0 Å². The van der Waals surface area contributed by atoms with Crippen LogP contribution in [0.4, 0.5) is 13.2 Å². The molecule has 0 saturated heterocycles. The number of aliphatic imine (C=N–C) groups is 1. The molecule has 10 heteroatoms. The maximum absolute atomic E-state index is 12.6. The molecule has 1 aromatic heterocycles. The molecule has 2 N–H and O–H groups in total. The lowest BCUT2D eigenvalue weighted by molar-refractivity contribution is -0.140. The Hall–Kier alpha value is -1.40. The van der Waals surface area contributed by atoms with Crippen LogP contribution in [0.2, 0.25) is 0 Å². The summed E-state index contributed by atoms with van der Waals surface area (Å²) in [4.78, 5) is 9.91. The van der Waals surface area contributed by atoms with E-state index in [1.165, 1.54) is 5.56 Å². The van der Waals surface area contributed by atoms with E-state index >= 15 is 0 Å². The number of halogens is 4. The summed E-state index contributed by atoms with van der Waals surface area (Å²) < 4.78 is 37.7. The molecule has 0 saturated carbocycles. The van der Waals surface area contributed by atoms with Gasteiger partial charge in [-0.15, -0.1) is 35.3 Å². The second-order valence-corrected chi connectivity index (χ2v) is 7.09. The number of nitrogens with one attached hydrogen (secondary N) is 2. The molecule has 28 heavy (non-hydrogen) atoms. The minimum absolute atomic E-state index is 0. The van der Waals surface area contributed by atoms with Gasteiger partial charge in [-0.1, -0.05) is 30.3 Å². The predicted molar refractivity (Wildman–Crippen MR) is 118 cm³/mol. The molecule has 1 unspecified atom stereocenters. The van der Waals surface area contributed by atoms with E-state index in [-0.39, 0.29) is 30.0 Å². The van der Waals surface area contributed by atoms with Crippen LogP contribution in [-0.4, -0.2) is 50.1 Å². The molecule has 156 valence electrons. The van der Waals surface area contributed by atoms with Gasteiger partial charge in [0.25, 0.3) is 0 Å². The van der Waals surface area contributed by atoms with Gasteiger partial charge in [-0.2, -0.15) is 13.2 Å². The van der Waals surface area contributed by atoms with Crippen molar-refractivity contribution in [1.82, 2.24) is 20.5 Å². The lowest BCUT2D eigenvalue weighted by Gasteiger charge is -2.26. The highest BCUT2D eigenvalue weighted by Gasteiger charge is 2.33. The number of rotatable bonds is 7. The third-order valence-corrected chi connectivity index (χ3v) is 4.88. The third kappa shape index (κ3) is 7.55. The first kappa shape index (κ1) is 24.6. The summed E-state index contributed by atoms with van der Waals surface area (Å²) in [6.07, 6.45) is -3.99. The first-order chi connectivity index (χ1) is 12.8. The minimum atomic E-state index is -4.39. The lowest BCUT2D eigenvalue weighted by Crippen LogP contribution is -2.42. The number of guanidine groups is 1. The number of likely N-dealkylation sites (N-methyl/N-ethyl adjacent to an activating group) is 1. The summed E-state index contributed by atoms with van der Waals surface area (Å²) in [5, 5.41) is 7.87. The van der Waals surface area contributed by atoms with E-state index < -0.39 is 11.9 Å². The Morgan fingerprint density at radius 1 is 1.21 bits per heavy atom. The minimum Gasteiger partial charge on any atom is -0.356 e. The molecule has 2 aromatic rings. The van der Waals surface area contributed by atoms with E-state index in [4.69, 9.17) is 0 Å². The van der Waals surface area contributed by atoms with E-state index in [1.54, 1.807) is 7.05 Å². The standard InChI is InChI=1S/C18H24F3N5S.HI/c1-22-17(23-10-9-16-25-15(12-27-16)18(19,20)21)24-11-14(26(2)3)13-7-5-4-6-8-13;/h4-8,12,14H,9-11H2,1-3H3,(H2,22,23,24);1H. The molecule has 0 aliphatic heterocycles. The Kier molecular flexibility index (Phi) is 10.2. The van der Waals surface area contributed by atoms with Crippen molar-refractivity contribution in [3.8, 4) is 0 Å². The number of hydrogen-bond acceptors (Lipinski definition) is 4. The van der Waals surface area contributed by atoms with Crippen LogP contribution in [0.1, 0.15) is 22.3 Å². The van der Waals surface area contributed by atoms with Gasteiger partial charge in [-0.3, -0.25) is 4.99 Å². The normalized spacial score (nSPS) is 13.2. The molecule has 5 nitrogen and oxygen atoms in total. The zero-order chi connectivity index (χ0) is 19.9. The van der Waals surface area contributed by atoms with E-state index in [1.807, 2.05) is 32.3 Å². The maximum atomic E-state index is 12.6. The molecule has 1 heterocycles. The molecular weight excluding hydrogens is 502 g/mol. The van der Waals surface area contributed by atoms with E-state index in [9.17, 15) is 13.2 Å². The fourth-order valence-corrected chi connectivity index (χ4v) is 3.34. The van der Waals surface area contributed by atoms with Crippen molar-refractivity contribution in [2.75, 3.05) is 34.2 Å². The average molecular weight is 527 g/mol. The highest BCUT2D eigenvalue weighted by molar-refractivity contribution is 14.0. The zero-order valence-electron chi connectivity index (χ0n) is 16.0. The van der Waals surface area contributed by atoms with Crippen molar-refractivity contribution < 1.29 is 13.2 Å².